The first-order chi connectivity index (χ1) is 9.22. The molecule has 0 aliphatic heterocycles. The van der Waals surface area contributed by atoms with Gasteiger partial charge in [0, 0.05) is 11.3 Å². The molecule has 2 aromatic carbocycles. The Labute approximate surface area is 119 Å². The van der Waals surface area contributed by atoms with Crippen molar-refractivity contribution >= 4 is 11.8 Å². The third-order valence-electron chi connectivity index (χ3n) is 3.36. The summed E-state index contributed by atoms with van der Waals surface area (Å²) in [5.41, 5.74) is 3.50. The van der Waals surface area contributed by atoms with Gasteiger partial charge >= 0.3 is 0 Å². The Kier molecular flexibility index (Phi) is 5.06. The number of benzene rings is 2. The highest BCUT2D eigenvalue weighted by molar-refractivity contribution is 7.98. The topological polar surface area (TPSA) is 20.2 Å². The van der Waals surface area contributed by atoms with Crippen LogP contribution < -0.4 is 0 Å². The number of aliphatic hydroxyl groups excluding tert-OH is 1. The Bertz CT molecular complexity index is 502. The van der Waals surface area contributed by atoms with Gasteiger partial charge in [0.1, 0.15) is 0 Å². The third kappa shape index (κ3) is 3.85. The lowest BCUT2D eigenvalue weighted by Gasteiger charge is -2.12. The van der Waals surface area contributed by atoms with E-state index in [9.17, 15) is 5.11 Å². The maximum absolute atomic E-state index is 10.3. The van der Waals surface area contributed by atoms with Crippen LogP contribution in [0.2, 0.25) is 0 Å². The first-order valence-corrected chi connectivity index (χ1v) is 7.85. The summed E-state index contributed by atoms with van der Waals surface area (Å²) < 4.78 is 0. The van der Waals surface area contributed by atoms with Crippen LogP contribution >= 0.6 is 11.8 Å². The fraction of sp³-hybridized carbons (Fsp3) is 0.294. The van der Waals surface area contributed by atoms with Crippen LogP contribution in [-0.2, 0) is 12.8 Å². The number of rotatable bonds is 5. The van der Waals surface area contributed by atoms with Crippen molar-refractivity contribution in [1.82, 2.24) is 0 Å². The molecule has 0 saturated carbocycles. The summed E-state index contributed by atoms with van der Waals surface area (Å²) in [6, 6.07) is 16.6. The van der Waals surface area contributed by atoms with Crippen molar-refractivity contribution < 1.29 is 5.11 Å². The van der Waals surface area contributed by atoms with Crippen LogP contribution in [0.1, 0.15) is 29.7 Å². The Balaban J connectivity index is 2.04. The van der Waals surface area contributed by atoms with Gasteiger partial charge in [-0.3, -0.25) is 0 Å². The highest BCUT2D eigenvalue weighted by Gasteiger charge is 2.08. The second-order valence-corrected chi connectivity index (χ2v) is 5.54. The van der Waals surface area contributed by atoms with Crippen molar-refractivity contribution in [3.05, 3.63) is 65.2 Å². The predicted molar refractivity (Wildman–Crippen MR) is 82.7 cm³/mol. The van der Waals surface area contributed by atoms with Crippen molar-refractivity contribution in [2.45, 2.75) is 30.8 Å². The monoisotopic (exact) mass is 272 g/mol. The van der Waals surface area contributed by atoms with Gasteiger partial charge in [0.2, 0.25) is 0 Å². The largest absolute Gasteiger partial charge is 0.388 e. The molecule has 1 nitrogen and oxygen atoms in total. The quantitative estimate of drug-likeness (QED) is 0.821. The van der Waals surface area contributed by atoms with Gasteiger partial charge in [-0.15, -0.1) is 11.8 Å². The average molecular weight is 272 g/mol. The number of hydrogen-bond donors (Lipinski definition) is 1. The lowest BCUT2D eigenvalue weighted by molar-refractivity contribution is 0.178. The van der Waals surface area contributed by atoms with Crippen molar-refractivity contribution in [3.8, 4) is 0 Å². The van der Waals surface area contributed by atoms with Crippen LogP contribution in [0.25, 0.3) is 0 Å². The fourth-order valence-electron chi connectivity index (χ4n) is 2.08. The molecular formula is C17H20OS. The molecule has 1 atom stereocenters. The van der Waals surface area contributed by atoms with Gasteiger partial charge in [-0.2, -0.15) is 0 Å². The molecule has 0 radical (unpaired) electrons. The van der Waals surface area contributed by atoms with Crippen LogP contribution in [0.3, 0.4) is 0 Å². The molecule has 0 bridgehead atoms. The minimum atomic E-state index is -0.427. The molecule has 0 spiro atoms. The Morgan fingerprint density at radius 2 is 1.53 bits per heavy atom. The van der Waals surface area contributed by atoms with Gasteiger partial charge in [-0.25, -0.2) is 0 Å². The van der Waals surface area contributed by atoms with E-state index in [1.54, 1.807) is 11.8 Å². The van der Waals surface area contributed by atoms with Gasteiger partial charge in [-0.1, -0.05) is 43.3 Å². The van der Waals surface area contributed by atoms with E-state index in [2.05, 4.69) is 49.6 Å². The van der Waals surface area contributed by atoms with Crippen LogP contribution in [0.4, 0.5) is 0 Å². The highest BCUT2D eigenvalue weighted by atomic mass is 32.2. The van der Waals surface area contributed by atoms with E-state index in [1.807, 2.05) is 12.1 Å². The van der Waals surface area contributed by atoms with E-state index in [-0.39, 0.29) is 0 Å². The van der Waals surface area contributed by atoms with E-state index in [0.717, 1.165) is 12.0 Å². The predicted octanol–water partition coefficient (Wildman–Crippen LogP) is 4.25. The molecule has 0 fully saturated rings. The van der Waals surface area contributed by atoms with E-state index in [4.69, 9.17) is 0 Å². The minimum absolute atomic E-state index is 0.427. The van der Waals surface area contributed by atoms with Crippen molar-refractivity contribution in [1.29, 1.82) is 0 Å². The summed E-state index contributed by atoms with van der Waals surface area (Å²) in [6.45, 7) is 2.15. The van der Waals surface area contributed by atoms with E-state index in [1.165, 1.54) is 16.0 Å². The standard InChI is InChI=1S/C17H20OS/c1-3-13-4-6-14(7-5-13)12-17(18)15-8-10-16(19-2)11-9-15/h4-11,17-18H,3,12H2,1-2H3. The van der Waals surface area contributed by atoms with Crippen LogP contribution in [0, 0.1) is 0 Å². The van der Waals surface area contributed by atoms with E-state index >= 15 is 0 Å². The third-order valence-corrected chi connectivity index (χ3v) is 4.10. The van der Waals surface area contributed by atoms with Gasteiger partial charge < -0.3 is 5.11 Å². The van der Waals surface area contributed by atoms with Crippen molar-refractivity contribution in [2.75, 3.05) is 6.26 Å². The van der Waals surface area contributed by atoms with Crippen molar-refractivity contribution in [2.24, 2.45) is 0 Å². The minimum Gasteiger partial charge on any atom is -0.388 e. The summed E-state index contributed by atoms with van der Waals surface area (Å²) >= 11 is 1.72. The summed E-state index contributed by atoms with van der Waals surface area (Å²) in [5.74, 6) is 0. The number of thioether (sulfide) groups is 1. The lowest BCUT2D eigenvalue weighted by Crippen LogP contribution is -2.01. The summed E-state index contributed by atoms with van der Waals surface area (Å²) in [7, 11) is 0. The zero-order valence-electron chi connectivity index (χ0n) is 11.5. The van der Waals surface area contributed by atoms with E-state index in [0.29, 0.717) is 6.42 Å². The number of hydrogen-bond acceptors (Lipinski definition) is 2. The number of aliphatic hydroxyl groups is 1. The van der Waals surface area contributed by atoms with Gasteiger partial charge in [-0.05, 0) is 41.5 Å². The smallest absolute Gasteiger partial charge is 0.0830 e. The van der Waals surface area contributed by atoms with Crippen LogP contribution in [-0.4, -0.2) is 11.4 Å². The molecule has 0 aliphatic rings. The molecule has 0 saturated heterocycles. The molecular weight excluding hydrogens is 252 g/mol. The van der Waals surface area contributed by atoms with Gasteiger partial charge in [0.05, 0.1) is 6.10 Å². The molecule has 0 aromatic heterocycles. The van der Waals surface area contributed by atoms with Gasteiger partial charge in [0.15, 0.2) is 0 Å². The summed E-state index contributed by atoms with van der Waals surface area (Å²) in [5, 5.41) is 10.3. The average Bonchev–Trinajstić information content (AvgIpc) is 2.48. The summed E-state index contributed by atoms with van der Waals surface area (Å²) in [6.07, 6.45) is 3.35. The Morgan fingerprint density at radius 1 is 0.947 bits per heavy atom. The molecule has 2 heteroatoms. The maximum Gasteiger partial charge on any atom is 0.0830 e. The van der Waals surface area contributed by atoms with E-state index < -0.39 is 6.10 Å². The van der Waals surface area contributed by atoms with Crippen LogP contribution in [0.5, 0.6) is 0 Å². The summed E-state index contributed by atoms with van der Waals surface area (Å²) in [4.78, 5) is 1.23. The molecule has 1 unspecified atom stereocenters. The lowest BCUT2D eigenvalue weighted by atomic mass is 10.0. The second-order valence-electron chi connectivity index (χ2n) is 4.66. The zero-order chi connectivity index (χ0) is 13.7. The first-order valence-electron chi connectivity index (χ1n) is 6.62. The van der Waals surface area contributed by atoms with Gasteiger partial charge in [0.25, 0.3) is 0 Å². The second kappa shape index (κ2) is 6.78. The molecule has 0 aliphatic carbocycles. The molecule has 1 N–H and O–H groups in total. The highest BCUT2D eigenvalue weighted by Crippen LogP contribution is 2.22. The zero-order valence-corrected chi connectivity index (χ0v) is 12.3. The fourth-order valence-corrected chi connectivity index (χ4v) is 2.49. The first kappa shape index (κ1) is 14.2. The van der Waals surface area contributed by atoms with Crippen LogP contribution in [0.15, 0.2) is 53.4 Å². The van der Waals surface area contributed by atoms with Crippen molar-refractivity contribution in [3.63, 3.8) is 0 Å². The molecule has 2 rings (SSSR count). The molecule has 19 heavy (non-hydrogen) atoms. The number of aryl methyl sites for hydroxylation is 1. The molecule has 0 heterocycles. The molecule has 2 aromatic rings. The maximum atomic E-state index is 10.3. The normalized spacial score (nSPS) is 12.4. The molecule has 100 valence electrons. The SMILES string of the molecule is CCc1ccc(CC(O)c2ccc(SC)cc2)cc1. The Morgan fingerprint density at radius 3 is 2.05 bits per heavy atom. The molecule has 0 amide bonds. The Hall–Kier alpha value is -1.25.